The predicted molar refractivity (Wildman–Crippen MR) is 61.7 cm³/mol. The van der Waals surface area contributed by atoms with Crippen LogP contribution in [0, 0.1) is 17.6 Å². The predicted octanol–water partition coefficient (Wildman–Crippen LogP) is 3.22. The van der Waals surface area contributed by atoms with Gasteiger partial charge in [-0.2, -0.15) is 0 Å². The van der Waals surface area contributed by atoms with Gasteiger partial charge in [-0.15, -0.1) is 0 Å². The first-order chi connectivity index (χ1) is 7.72. The van der Waals surface area contributed by atoms with Gasteiger partial charge >= 0.3 is 0 Å². The molecule has 1 unspecified atom stereocenters. The molecule has 88 valence electrons. The van der Waals surface area contributed by atoms with Gasteiger partial charge in [0, 0.05) is 13.1 Å². The highest BCUT2D eigenvalue weighted by atomic mass is 19.2. The third-order valence-electron chi connectivity index (χ3n) is 2.94. The highest BCUT2D eigenvalue weighted by molar-refractivity contribution is 5.70. The molecule has 0 fully saturated rings. The molecule has 0 bridgehead atoms. The summed E-state index contributed by atoms with van der Waals surface area (Å²) in [5.41, 5.74) is 0.913. The Labute approximate surface area is 94.0 Å². The van der Waals surface area contributed by atoms with Gasteiger partial charge < -0.3 is 10.6 Å². The quantitative estimate of drug-likeness (QED) is 0.809. The molecule has 1 aliphatic rings. The minimum atomic E-state index is -0.804. The maximum Gasteiger partial charge on any atom is 0.183 e. The molecule has 0 radical (unpaired) electrons. The van der Waals surface area contributed by atoms with Crippen molar-refractivity contribution in [2.45, 2.75) is 19.8 Å². The summed E-state index contributed by atoms with van der Waals surface area (Å²) in [5.74, 6) is -1.14. The lowest BCUT2D eigenvalue weighted by Gasteiger charge is -2.12. The van der Waals surface area contributed by atoms with Crippen LogP contribution in [0.2, 0.25) is 0 Å². The average Bonchev–Trinajstić information content (AvgIpc) is 2.48. The van der Waals surface area contributed by atoms with Crippen LogP contribution < -0.4 is 10.6 Å². The first-order valence-electron chi connectivity index (χ1n) is 5.68. The van der Waals surface area contributed by atoms with Gasteiger partial charge in [0.25, 0.3) is 0 Å². The van der Waals surface area contributed by atoms with Crippen LogP contribution in [-0.2, 0) is 0 Å². The van der Waals surface area contributed by atoms with E-state index in [0.29, 0.717) is 18.2 Å². The molecule has 0 saturated carbocycles. The van der Waals surface area contributed by atoms with Gasteiger partial charge in [0.1, 0.15) is 0 Å². The van der Waals surface area contributed by atoms with E-state index < -0.39 is 11.6 Å². The minimum absolute atomic E-state index is 0.263. The van der Waals surface area contributed by atoms with Crippen LogP contribution in [0.3, 0.4) is 0 Å². The van der Waals surface area contributed by atoms with E-state index in [-0.39, 0.29) is 5.69 Å². The van der Waals surface area contributed by atoms with Crippen molar-refractivity contribution < 1.29 is 8.78 Å². The van der Waals surface area contributed by atoms with Crippen LogP contribution in [0.15, 0.2) is 12.1 Å². The lowest BCUT2D eigenvalue weighted by Crippen LogP contribution is -2.18. The number of anilines is 2. The highest BCUT2D eigenvalue weighted by Gasteiger charge is 2.19. The number of hydrogen-bond acceptors (Lipinski definition) is 2. The van der Waals surface area contributed by atoms with E-state index in [2.05, 4.69) is 17.6 Å². The van der Waals surface area contributed by atoms with E-state index in [4.69, 9.17) is 0 Å². The van der Waals surface area contributed by atoms with Gasteiger partial charge in [0.2, 0.25) is 0 Å². The molecule has 0 aromatic heterocycles. The molecule has 2 N–H and O–H groups in total. The van der Waals surface area contributed by atoms with E-state index in [1.807, 2.05) is 0 Å². The topological polar surface area (TPSA) is 24.1 Å². The molecular formula is C12H16F2N2. The van der Waals surface area contributed by atoms with Crippen molar-refractivity contribution in [3.8, 4) is 0 Å². The zero-order valence-corrected chi connectivity index (χ0v) is 9.32. The standard InChI is InChI=1S/C12H16F2N2/c1-2-3-8-6-15-10-5-4-9(13)11(14)12(10)16-7-8/h4-5,8,15-16H,2-3,6-7H2,1H3. The van der Waals surface area contributed by atoms with Gasteiger partial charge in [-0.25, -0.2) is 8.78 Å². The third-order valence-corrected chi connectivity index (χ3v) is 2.94. The van der Waals surface area contributed by atoms with Gasteiger partial charge in [-0.3, -0.25) is 0 Å². The molecular weight excluding hydrogens is 210 g/mol. The Bertz CT molecular complexity index is 380. The van der Waals surface area contributed by atoms with Crippen molar-refractivity contribution in [1.29, 1.82) is 0 Å². The third kappa shape index (κ3) is 2.10. The maximum absolute atomic E-state index is 13.5. The molecule has 0 spiro atoms. The summed E-state index contributed by atoms with van der Waals surface area (Å²) in [7, 11) is 0. The number of hydrogen-bond donors (Lipinski definition) is 2. The molecule has 1 aromatic carbocycles. The van der Waals surface area contributed by atoms with E-state index >= 15 is 0 Å². The molecule has 2 rings (SSSR count). The Morgan fingerprint density at radius 1 is 1.25 bits per heavy atom. The smallest absolute Gasteiger partial charge is 0.183 e. The fourth-order valence-electron chi connectivity index (χ4n) is 2.06. The van der Waals surface area contributed by atoms with E-state index in [1.54, 1.807) is 6.07 Å². The lowest BCUT2D eigenvalue weighted by molar-refractivity contribution is 0.508. The summed E-state index contributed by atoms with van der Waals surface area (Å²) in [6.07, 6.45) is 2.18. The lowest BCUT2D eigenvalue weighted by atomic mass is 10.0. The molecule has 1 aromatic rings. The van der Waals surface area contributed by atoms with Crippen LogP contribution in [0.4, 0.5) is 20.2 Å². The summed E-state index contributed by atoms with van der Waals surface area (Å²) in [6, 6.07) is 2.73. The Balaban J connectivity index is 2.21. The Hall–Kier alpha value is -1.32. The molecule has 0 saturated heterocycles. The molecule has 1 heterocycles. The number of halogens is 2. The molecule has 16 heavy (non-hydrogen) atoms. The fourth-order valence-corrected chi connectivity index (χ4v) is 2.06. The normalized spacial score (nSPS) is 19.3. The molecule has 1 atom stereocenters. The molecule has 0 amide bonds. The average molecular weight is 226 g/mol. The number of nitrogens with one attached hydrogen (secondary N) is 2. The number of rotatable bonds is 2. The van der Waals surface area contributed by atoms with E-state index in [0.717, 1.165) is 25.5 Å². The van der Waals surface area contributed by atoms with Crippen LogP contribution in [0.25, 0.3) is 0 Å². The van der Waals surface area contributed by atoms with Gasteiger partial charge in [-0.1, -0.05) is 13.3 Å². The summed E-state index contributed by atoms with van der Waals surface area (Å²) in [6.45, 7) is 3.62. The first kappa shape index (κ1) is 11.2. The largest absolute Gasteiger partial charge is 0.383 e. The van der Waals surface area contributed by atoms with Crippen molar-refractivity contribution in [3.05, 3.63) is 23.8 Å². The molecule has 2 nitrogen and oxygen atoms in total. The Morgan fingerprint density at radius 3 is 2.75 bits per heavy atom. The van der Waals surface area contributed by atoms with Crippen molar-refractivity contribution in [1.82, 2.24) is 0 Å². The van der Waals surface area contributed by atoms with Crippen LogP contribution in [0.5, 0.6) is 0 Å². The molecule has 4 heteroatoms. The van der Waals surface area contributed by atoms with Crippen molar-refractivity contribution in [2.75, 3.05) is 23.7 Å². The summed E-state index contributed by atoms with van der Waals surface area (Å²) in [4.78, 5) is 0. The second-order valence-electron chi connectivity index (χ2n) is 4.20. The summed E-state index contributed by atoms with van der Waals surface area (Å²) >= 11 is 0. The van der Waals surface area contributed by atoms with Gasteiger partial charge in [-0.05, 0) is 24.5 Å². The zero-order chi connectivity index (χ0) is 11.5. The Kier molecular flexibility index (Phi) is 3.27. The van der Waals surface area contributed by atoms with Crippen LogP contribution >= 0.6 is 0 Å². The first-order valence-corrected chi connectivity index (χ1v) is 5.68. The fraction of sp³-hybridized carbons (Fsp3) is 0.500. The second kappa shape index (κ2) is 4.68. The summed E-state index contributed by atoms with van der Waals surface area (Å²) < 4.78 is 26.5. The van der Waals surface area contributed by atoms with Crippen molar-refractivity contribution >= 4 is 11.4 Å². The maximum atomic E-state index is 13.5. The molecule has 0 aliphatic carbocycles. The summed E-state index contributed by atoms with van der Waals surface area (Å²) in [5, 5.41) is 6.15. The van der Waals surface area contributed by atoms with Crippen LogP contribution in [-0.4, -0.2) is 13.1 Å². The van der Waals surface area contributed by atoms with Gasteiger partial charge in [0.05, 0.1) is 11.4 Å². The van der Waals surface area contributed by atoms with Gasteiger partial charge in [0.15, 0.2) is 11.6 Å². The zero-order valence-electron chi connectivity index (χ0n) is 9.32. The SMILES string of the molecule is CCCC1CNc2ccc(F)c(F)c2NC1. The van der Waals surface area contributed by atoms with Crippen LogP contribution in [0.1, 0.15) is 19.8 Å². The highest BCUT2D eigenvalue weighted by Crippen LogP contribution is 2.30. The minimum Gasteiger partial charge on any atom is -0.383 e. The van der Waals surface area contributed by atoms with Crippen molar-refractivity contribution in [2.24, 2.45) is 5.92 Å². The number of fused-ring (bicyclic) bond motifs is 1. The van der Waals surface area contributed by atoms with E-state index in [1.165, 1.54) is 0 Å². The molecule has 1 aliphatic heterocycles. The number of benzene rings is 1. The van der Waals surface area contributed by atoms with E-state index in [9.17, 15) is 8.78 Å². The van der Waals surface area contributed by atoms with Crippen molar-refractivity contribution in [3.63, 3.8) is 0 Å². The second-order valence-corrected chi connectivity index (χ2v) is 4.20. The Morgan fingerprint density at radius 2 is 2.00 bits per heavy atom. The monoisotopic (exact) mass is 226 g/mol.